The normalized spacial score (nSPS) is 10.8. The number of nitrogens with one attached hydrogen (secondary N) is 1. The highest BCUT2D eigenvalue weighted by Crippen LogP contribution is 2.38. The molecule has 2 N–H and O–H groups in total. The summed E-state index contributed by atoms with van der Waals surface area (Å²) in [5.74, 6) is -0.0479. The standard InChI is InChI=1S/C33H27BrN2O6/c1-2-40-30-18-24(17-29(34)31(30)42-21-23-8-10-25(11-9-23)33(38)39)16-26(19-35)32(37)36-27-12-14-28(15-13-27)41-20-22-6-4-3-5-7-22/h3-18H,2,20-21H2,1H3,(H,36,37)(H,38,39)/b26-16+. The number of carbonyl (C=O) groups excluding carboxylic acids is 1. The van der Waals surface area contributed by atoms with Gasteiger partial charge in [-0.3, -0.25) is 4.79 Å². The average molecular weight is 627 g/mol. The molecule has 0 bridgehead atoms. The van der Waals surface area contributed by atoms with Gasteiger partial charge in [0.25, 0.3) is 5.91 Å². The topological polar surface area (TPSA) is 118 Å². The molecule has 212 valence electrons. The first kappa shape index (κ1) is 29.9. The van der Waals surface area contributed by atoms with Crippen molar-refractivity contribution in [3.05, 3.63) is 123 Å². The number of aromatic carboxylic acids is 1. The number of carboxylic acids is 1. The Morgan fingerprint density at radius 2 is 1.57 bits per heavy atom. The molecule has 0 heterocycles. The van der Waals surface area contributed by atoms with Crippen molar-refractivity contribution < 1.29 is 28.9 Å². The number of benzene rings is 4. The van der Waals surface area contributed by atoms with Gasteiger partial charge in [0.1, 0.15) is 30.6 Å². The molecule has 9 heteroatoms. The van der Waals surface area contributed by atoms with Crippen LogP contribution in [0.15, 0.2) is 101 Å². The summed E-state index contributed by atoms with van der Waals surface area (Å²) >= 11 is 3.50. The largest absolute Gasteiger partial charge is 0.490 e. The number of carboxylic acid groups (broad SMARTS) is 1. The SMILES string of the molecule is CCOc1cc(/C=C(\C#N)C(=O)Nc2ccc(OCc3ccccc3)cc2)cc(Br)c1OCc1ccc(C(=O)O)cc1. The summed E-state index contributed by atoms with van der Waals surface area (Å²) in [7, 11) is 0. The van der Waals surface area contributed by atoms with E-state index < -0.39 is 11.9 Å². The maximum absolute atomic E-state index is 12.9. The van der Waals surface area contributed by atoms with E-state index in [2.05, 4.69) is 21.2 Å². The maximum atomic E-state index is 12.9. The number of nitrogens with zero attached hydrogens (tertiary/aromatic N) is 1. The van der Waals surface area contributed by atoms with E-state index in [1.807, 2.05) is 43.3 Å². The maximum Gasteiger partial charge on any atom is 0.335 e. The van der Waals surface area contributed by atoms with Crippen LogP contribution in [0.4, 0.5) is 5.69 Å². The van der Waals surface area contributed by atoms with Crippen LogP contribution >= 0.6 is 15.9 Å². The van der Waals surface area contributed by atoms with Crippen molar-refractivity contribution in [1.29, 1.82) is 5.26 Å². The van der Waals surface area contributed by atoms with E-state index in [-0.39, 0.29) is 17.7 Å². The summed E-state index contributed by atoms with van der Waals surface area (Å²) in [5.41, 5.74) is 2.99. The Morgan fingerprint density at radius 3 is 2.21 bits per heavy atom. The average Bonchev–Trinajstić information content (AvgIpc) is 3.00. The molecule has 0 aliphatic heterocycles. The second-order valence-corrected chi connectivity index (χ2v) is 9.83. The van der Waals surface area contributed by atoms with Crippen molar-refractivity contribution in [3.8, 4) is 23.3 Å². The Morgan fingerprint density at radius 1 is 0.905 bits per heavy atom. The first-order valence-corrected chi connectivity index (χ1v) is 13.8. The number of ether oxygens (including phenoxy) is 3. The van der Waals surface area contributed by atoms with Gasteiger partial charge in [-0.15, -0.1) is 0 Å². The third-order valence-electron chi connectivity index (χ3n) is 5.95. The van der Waals surface area contributed by atoms with Gasteiger partial charge in [-0.2, -0.15) is 5.26 Å². The second kappa shape index (κ2) is 14.5. The number of amides is 1. The van der Waals surface area contributed by atoms with Crippen LogP contribution in [0.1, 0.15) is 34.0 Å². The third kappa shape index (κ3) is 8.22. The number of anilines is 1. The van der Waals surface area contributed by atoms with Crippen LogP contribution in [-0.2, 0) is 18.0 Å². The van der Waals surface area contributed by atoms with Crippen molar-refractivity contribution >= 4 is 39.6 Å². The van der Waals surface area contributed by atoms with Crippen LogP contribution in [0.5, 0.6) is 17.2 Å². The fraction of sp³-hybridized carbons (Fsp3) is 0.121. The van der Waals surface area contributed by atoms with Gasteiger partial charge in [-0.25, -0.2) is 4.79 Å². The van der Waals surface area contributed by atoms with Crippen LogP contribution in [0.2, 0.25) is 0 Å². The van der Waals surface area contributed by atoms with Gasteiger partial charge < -0.3 is 24.6 Å². The van der Waals surface area contributed by atoms with Crippen molar-refractivity contribution in [2.45, 2.75) is 20.1 Å². The van der Waals surface area contributed by atoms with E-state index in [1.165, 1.54) is 18.2 Å². The van der Waals surface area contributed by atoms with Crippen LogP contribution < -0.4 is 19.5 Å². The molecule has 4 aromatic carbocycles. The molecule has 0 spiro atoms. The molecule has 0 aliphatic rings. The summed E-state index contributed by atoms with van der Waals surface area (Å²) in [6.07, 6.45) is 1.47. The number of carbonyl (C=O) groups is 2. The number of rotatable bonds is 12. The van der Waals surface area contributed by atoms with Crippen LogP contribution in [0.25, 0.3) is 6.08 Å². The fourth-order valence-electron chi connectivity index (χ4n) is 3.86. The Bertz CT molecular complexity index is 1610. The highest BCUT2D eigenvalue weighted by molar-refractivity contribution is 9.10. The predicted molar refractivity (Wildman–Crippen MR) is 162 cm³/mol. The smallest absolute Gasteiger partial charge is 0.335 e. The van der Waals surface area contributed by atoms with Gasteiger partial charge in [0.05, 0.1) is 16.6 Å². The van der Waals surface area contributed by atoms with Gasteiger partial charge in [0, 0.05) is 5.69 Å². The van der Waals surface area contributed by atoms with E-state index >= 15 is 0 Å². The third-order valence-corrected chi connectivity index (χ3v) is 6.54. The summed E-state index contributed by atoms with van der Waals surface area (Å²) in [6, 6.07) is 28.4. The van der Waals surface area contributed by atoms with Gasteiger partial charge in [0.2, 0.25) is 0 Å². The lowest BCUT2D eigenvalue weighted by Crippen LogP contribution is -2.13. The van der Waals surface area contributed by atoms with Crippen molar-refractivity contribution in [3.63, 3.8) is 0 Å². The molecule has 1 amide bonds. The summed E-state index contributed by atoms with van der Waals surface area (Å²) < 4.78 is 18.1. The van der Waals surface area contributed by atoms with Gasteiger partial charge in [-0.1, -0.05) is 42.5 Å². The molecule has 0 saturated carbocycles. The van der Waals surface area contributed by atoms with Crippen LogP contribution in [0.3, 0.4) is 0 Å². The number of hydrogen-bond acceptors (Lipinski definition) is 6. The van der Waals surface area contributed by atoms with Gasteiger partial charge in [-0.05, 0) is 94.2 Å². The van der Waals surface area contributed by atoms with Crippen molar-refractivity contribution in [2.75, 3.05) is 11.9 Å². The minimum absolute atomic E-state index is 0.0964. The molecule has 0 saturated heterocycles. The fourth-order valence-corrected chi connectivity index (χ4v) is 4.44. The van der Waals surface area contributed by atoms with Crippen LogP contribution in [0, 0.1) is 11.3 Å². The lowest BCUT2D eigenvalue weighted by atomic mass is 10.1. The number of hydrogen-bond donors (Lipinski definition) is 2. The van der Waals surface area contributed by atoms with Gasteiger partial charge in [0.15, 0.2) is 11.5 Å². The highest BCUT2D eigenvalue weighted by Gasteiger charge is 2.15. The summed E-state index contributed by atoms with van der Waals surface area (Å²) in [6.45, 7) is 2.80. The lowest BCUT2D eigenvalue weighted by molar-refractivity contribution is -0.112. The molecule has 0 fully saturated rings. The zero-order valence-electron chi connectivity index (χ0n) is 22.7. The van der Waals surface area contributed by atoms with Crippen LogP contribution in [-0.4, -0.2) is 23.6 Å². The summed E-state index contributed by atoms with van der Waals surface area (Å²) in [4.78, 5) is 24.0. The Hall–Kier alpha value is -5.07. The Kier molecular flexibility index (Phi) is 10.3. The zero-order valence-corrected chi connectivity index (χ0v) is 24.3. The molecule has 42 heavy (non-hydrogen) atoms. The highest BCUT2D eigenvalue weighted by atomic mass is 79.9. The molecule has 4 aromatic rings. The summed E-state index contributed by atoms with van der Waals surface area (Å²) in [5, 5.41) is 21.5. The number of halogens is 1. The van der Waals surface area contributed by atoms with Crippen molar-refractivity contribution in [1.82, 2.24) is 0 Å². The Balaban J connectivity index is 1.43. The lowest BCUT2D eigenvalue weighted by Gasteiger charge is -2.15. The Labute approximate surface area is 251 Å². The molecule has 0 radical (unpaired) electrons. The quantitative estimate of drug-likeness (QED) is 0.126. The zero-order chi connectivity index (χ0) is 29.9. The van der Waals surface area contributed by atoms with E-state index in [1.54, 1.807) is 48.5 Å². The first-order valence-electron chi connectivity index (χ1n) is 13.0. The van der Waals surface area contributed by atoms with E-state index in [9.17, 15) is 14.9 Å². The number of nitriles is 1. The predicted octanol–water partition coefficient (Wildman–Crippen LogP) is 7.25. The van der Waals surface area contributed by atoms with E-state index in [0.29, 0.717) is 46.2 Å². The van der Waals surface area contributed by atoms with Gasteiger partial charge >= 0.3 is 5.97 Å². The van der Waals surface area contributed by atoms with E-state index in [0.717, 1.165) is 11.1 Å². The molecular weight excluding hydrogens is 600 g/mol. The first-order chi connectivity index (χ1) is 20.4. The molecule has 0 unspecified atom stereocenters. The molecule has 0 aromatic heterocycles. The monoisotopic (exact) mass is 626 g/mol. The molecule has 8 nitrogen and oxygen atoms in total. The van der Waals surface area contributed by atoms with E-state index in [4.69, 9.17) is 19.3 Å². The second-order valence-electron chi connectivity index (χ2n) is 8.98. The molecule has 0 aliphatic carbocycles. The minimum atomic E-state index is -1.00. The molecule has 4 rings (SSSR count). The minimum Gasteiger partial charge on any atom is -0.490 e. The molecule has 0 atom stereocenters. The molecular formula is C33H27BrN2O6. The van der Waals surface area contributed by atoms with Crippen molar-refractivity contribution in [2.24, 2.45) is 0 Å².